The molecule has 0 saturated heterocycles. The van der Waals surface area contributed by atoms with E-state index >= 15 is 0 Å². The van der Waals surface area contributed by atoms with Crippen molar-refractivity contribution in [2.45, 2.75) is 25.7 Å². The molecule has 2 aliphatic rings. The summed E-state index contributed by atoms with van der Waals surface area (Å²) in [5, 5.41) is 0. The Morgan fingerprint density at radius 1 is 0.750 bits per heavy atom. The molecule has 8 heavy (non-hydrogen) atoms. The predicted octanol–water partition coefficient (Wildman–Crippen LogP) is 1.59. The summed E-state index contributed by atoms with van der Waals surface area (Å²) in [6.07, 6.45) is 10.0. The van der Waals surface area contributed by atoms with Crippen LogP contribution in [-0.2, 0) is 17.1 Å². The van der Waals surface area contributed by atoms with E-state index in [4.69, 9.17) is 0 Å². The van der Waals surface area contributed by atoms with Gasteiger partial charge in [0.15, 0.2) is 0 Å². The first-order valence-electron chi connectivity index (χ1n) is 2.63. The Bertz CT molecular complexity index is 24.0. The van der Waals surface area contributed by atoms with Crippen molar-refractivity contribution in [2.24, 2.45) is 0 Å². The van der Waals surface area contributed by atoms with E-state index in [2.05, 4.69) is 12.8 Å². The molecular weight excluding hydrogens is 143 g/mol. The van der Waals surface area contributed by atoms with Gasteiger partial charge < -0.3 is 12.8 Å². The summed E-state index contributed by atoms with van der Waals surface area (Å²) in [6, 6.07) is 0. The van der Waals surface area contributed by atoms with Gasteiger partial charge in [0, 0.05) is 18.9 Å². The molecule has 46 valence electrons. The number of rotatable bonds is 0. The molecule has 0 unspecified atom stereocenters. The van der Waals surface area contributed by atoms with Gasteiger partial charge in [-0.1, -0.05) is 0 Å². The van der Waals surface area contributed by atoms with Crippen molar-refractivity contribution in [1.82, 2.24) is 0 Å². The van der Waals surface area contributed by atoms with Crippen LogP contribution >= 0.6 is 0 Å². The molecule has 0 spiro atoms. The van der Waals surface area contributed by atoms with Gasteiger partial charge in [-0.25, -0.2) is 25.7 Å². The Kier molecular flexibility index (Phi) is 12.0. The van der Waals surface area contributed by atoms with Crippen molar-refractivity contribution in [3.63, 3.8) is 0 Å². The second-order valence-corrected chi connectivity index (χ2v) is 1.73. The van der Waals surface area contributed by atoms with E-state index in [9.17, 15) is 0 Å². The summed E-state index contributed by atoms with van der Waals surface area (Å²) in [5.41, 5.74) is 0. The average Bonchev–Trinajstić information content (AvgIpc) is 2.31. The fourth-order valence-corrected chi connectivity index (χ4v) is 0. The molecule has 0 N–H and O–H groups in total. The van der Waals surface area contributed by atoms with Crippen molar-refractivity contribution >= 4 is 18.9 Å². The molecule has 0 aromatic rings. The normalized spacial score (nSPS) is 18.0. The molecule has 2 heteroatoms. The van der Waals surface area contributed by atoms with Crippen LogP contribution in [0.15, 0.2) is 0 Å². The van der Waals surface area contributed by atoms with Crippen LogP contribution in [0.3, 0.4) is 0 Å². The standard InChI is InChI=1S/2C3H5.Cu.Li/c2*1-2-3-1;;/h2*1H,2-3H2;;/q2*-1;+2;. The zero-order valence-corrected chi connectivity index (χ0v) is 6.23. The van der Waals surface area contributed by atoms with Gasteiger partial charge in [0.05, 0.1) is 0 Å². The third-order valence-corrected chi connectivity index (χ3v) is 0.577. The molecule has 2 fully saturated rings. The molecule has 0 amide bonds. The first-order chi connectivity index (χ1) is 3.00. The fraction of sp³-hybridized carbons (Fsp3) is 0.667. The van der Waals surface area contributed by atoms with Gasteiger partial charge in [-0.05, 0) is 0 Å². The summed E-state index contributed by atoms with van der Waals surface area (Å²) < 4.78 is 0. The van der Waals surface area contributed by atoms with Gasteiger partial charge in [0.1, 0.15) is 0 Å². The van der Waals surface area contributed by atoms with Crippen molar-refractivity contribution in [2.75, 3.05) is 0 Å². The second-order valence-electron chi connectivity index (χ2n) is 1.73. The molecule has 2 saturated carbocycles. The Labute approximate surface area is 74.5 Å². The molecule has 2 rings (SSSR count). The molecule has 0 aromatic carbocycles. The van der Waals surface area contributed by atoms with Gasteiger partial charge in [0.2, 0.25) is 0 Å². The second kappa shape index (κ2) is 8.12. The van der Waals surface area contributed by atoms with E-state index in [-0.39, 0.29) is 35.9 Å². The van der Waals surface area contributed by atoms with Crippen LogP contribution in [0.5, 0.6) is 0 Å². The number of hydrogen-bond donors (Lipinski definition) is 0. The van der Waals surface area contributed by atoms with Crippen LogP contribution in [0.25, 0.3) is 0 Å². The summed E-state index contributed by atoms with van der Waals surface area (Å²) in [5.74, 6) is 0. The molecule has 0 aromatic heterocycles. The minimum absolute atomic E-state index is 0. The quantitative estimate of drug-likeness (QED) is 0.365. The van der Waals surface area contributed by atoms with E-state index in [0.717, 1.165) is 0 Å². The zero-order valence-electron chi connectivity index (χ0n) is 5.28. The predicted molar refractivity (Wildman–Crippen MR) is 32.8 cm³/mol. The van der Waals surface area contributed by atoms with Gasteiger partial charge in [-0.3, -0.25) is 0 Å². The third-order valence-electron chi connectivity index (χ3n) is 0.577. The van der Waals surface area contributed by atoms with Gasteiger partial charge in [-0.15, -0.1) is 0 Å². The minimum atomic E-state index is 0. The first-order valence-corrected chi connectivity index (χ1v) is 2.63. The van der Waals surface area contributed by atoms with Crippen LogP contribution < -0.4 is 0 Å². The van der Waals surface area contributed by atoms with E-state index in [1.165, 1.54) is 25.7 Å². The third kappa shape index (κ3) is 27.4. The molecule has 2 aliphatic carbocycles. The fourth-order valence-electron chi connectivity index (χ4n) is 0. The molecule has 0 atom stereocenters. The summed E-state index contributed by atoms with van der Waals surface area (Å²) >= 11 is 0. The van der Waals surface area contributed by atoms with Crippen LogP contribution in [0.2, 0.25) is 0 Å². The summed E-state index contributed by atoms with van der Waals surface area (Å²) in [4.78, 5) is 0. The Morgan fingerprint density at radius 3 is 0.875 bits per heavy atom. The number of hydrogen-bond acceptors (Lipinski definition) is 0. The van der Waals surface area contributed by atoms with Crippen LogP contribution in [0.4, 0.5) is 0 Å². The maximum absolute atomic E-state index is 2.25. The monoisotopic (exact) mass is 152 g/mol. The van der Waals surface area contributed by atoms with E-state index < -0.39 is 0 Å². The maximum atomic E-state index is 2.25. The van der Waals surface area contributed by atoms with Crippen molar-refractivity contribution in [3.05, 3.63) is 12.8 Å². The van der Waals surface area contributed by atoms with E-state index in [1.54, 1.807) is 0 Å². The SMILES string of the molecule is [CH-]1CC1.[CH-]1CC1.[Cu+2].[Li]. The van der Waals surface area contributed by atoms with Gasteiger partial charge >= 0.3 is 17.1 Å². The molecule has 0 heterocycles. The van der Waals surface area contributed by atoms with E-state index in [0.29, 0.717) is 0 Å². The van der Waals surface area contributed by atoms with Gasteiger partial charge in [-0.2, -0.15) is 0 Å². The molecule has 0 bridgehead atoms. The van der Waals surface area contributed by atoms with Crippen molar-refractivity contribution in [1.29, 1.82) is 0 Å². The van der Waals surface area contributed by atoms with E-state index in [1.807, 2.05) is 0 Å². The average molecular weight is 153 g/mol. The Hall–Kier alpha value is 1.12. The van der Waals surface area contributed by atoms with Crippen LogP contribution in [0, 0.1) is 12.8 Å². The zero-order chi connectivity index (χ0) is 4.24. The van der Waals surface area contributed by atoms with Crippen molar-refractivity contribution < 1.29 is 17.1 Å². The van der Waals surface area contributed by atoms with Crippen molar-refractivity contribution in [3.8, 4) is 0 Å². The topological polar surface area (TPSA) is 0 Å². The maximum Gasteiger partial charge on any atom is 2.00 e. The van der Waals surface area contributed by atoms with Crippen LogP contribution in [0.1, 0.15) is 25.7 Å². The smallest absolute Gasteiger partial charge is 0.333 e. The molecule has 0 aliphatic heterocycles. The largest absolute Gasteiger partial charge is 2.00 e. The summed E-state index contributed by atoms with van der Waals surface area (Å²) in [7, 11) is 0. The molecule has 0 nitrogen and oxygen atoms in total. The minimum Gasteiger partial charge on any atom is -0.333 e. The Morgan fingerprint density at radius 2 is 0.875 bits per heavy atom. The first kappa shape index (κ1) is 11.9. The van der Waals surface area contributed by atoms with Crippen LogP contribution in [-0.4, -0.2) is 18.9 Å². The molecular formula is C6H10CuLi. The van der Waals surface area contributed by atoms with Gasteiger partial charge in [0.25, 0.3) is 0 Å². The summed E-state index contributed by atoms with van der Waals surface area (Å²) in [6.45, 7) is 0. The Balaban J connectivity index is 0. The molecule has 2 radical (unpaired) electrons.